The van der Waals surface area contributed by atoms with Crippen molar-refractivity contribution in [3.05, 3.63) is 145 Å². The molecule has 0 bridgehead atoms. The molecular weight excluding hydrogens is 366 g/mol. The predicted octanol–water partition coefficient (Wildman–Crippen LogP) is 6.06. The van der Waals surface area contributed by atoms with Gasteiger partial charge in [-0.05, 0) is 105 Å². The Morgan fingerprint density at radius 3 is 0.867 bits per heavy atom. The highest BCUT2D eigenvalue weighted by molar-refractivity contribution is 5.88. The van der Waals surface area contributed by atoms with Crippen LogP contribution in [-0.4, -0.2) is 15.0 Å². The van der Waals surface area contributed by atoms with Gasteiger partial charge in [-0.3, -0.25) is 15.0 Å². The lowest BCUT2D eigenvalue weighted by atomic mass is 9.89. The number of hydrogen-bond acceptors (Lipinski definition) is 3. The van der Waals surface area contributed by atoms with E-state index in [1.807, 2.05) is 36.4 Å². The van der Waals surface area contributed by atoms with Crippen molar-refractivity contribution in [2.75, 3.05) is 0 Å². The average molecular weight is 387 g/mol. The fourth-order valence-electron chi connectivity index (χ4n) is 3.31. The van der Waals surface area contributed by atoms with Crippen LogP contribution in [0, 0.1) is 0 Å². The van der Waals surface area contributed by atoms with Crippen molar-refractivity contribution >= 4 is 16.7 Å². The average Bonchev–Trinajstić information content (AvgIpc) is 2.84. The van der Waals surface area contributed by atoms with Crippen molar-refractivity contribution in [3.63, 3.8) is 0 Å². The summed E-state index contributed by atoms with van der Waals surface area (Å²) in [5.74, 6) is 0. The summed E-state index contributed by atoms with van der Waals surface area (Å²) in [7, 11) is 0. The lowest BCUT2D eigenvalue weighted by Gasteiger charge is -2.15. The third-order valence-electron chi connectivity index (χ3n) is 5.06. The molecule has 0 aliphatic carbocycles. The topological polar surface area (TPSA) is 38.7 Å². The Morgan fingerprint density at radius 1 is 0.400 bits per heavy atom. The smallest absolute Gasteiger partial charge is 0.0273 e. The van der Waals surface area contributed by atoms with Crippen LogP contribution < -0.4 is 0 Å². The first kappa shape index (κ1) is 19.2. The number of nitrogens with zero attached hydrogens (tertiary/aromatic N) is 3. The Hall–Kier alpha value is -4.11. The van der Waals surface area contributed by atoms with E-state index in [2.05, 4.69) is 52.9 Å². The molecular formula is C27H21N3. The van der Waals surface area contributed by atoms with Gasteiger partial charge in [0.1, 0.15) is 0 Å². The molecule has 0 amide bonds. The molecule has 0 saturated carbocycles. The molecule has 0 spiro atoms. The number of hydrogen-bond donors (Lipinski definition) is 0. The van der Waals surface area contributed by atoms with E-state index in [1.165, 1.54) is 0 Å². The first-order valence-corrected chi connectivity index (χ1v) is 9.57. The molecule has 3 aromatic heterocycles. The maximum atomic E-state index is 4.33. The monoisotopic (exact) mass is 387 g/mol. The van der Waals surface area contributed by atoms with Crippen LogP contribution in [-0.2, 0) is 0 Å². The van der Waals surface area contributed by atoms with E-state index in [4.69, 9.17) is 0 Å². The molecule has 0 unspecified atom stereocenters. The molecule has 30 heavy (non-hydrogen) atoms. The molecule has 4 rings (SSSR count). The zero-order valence-corrected chi connectivity index (χ0v) is 16.6. The summed E-state index contributed by atoms with van der Waals surface area (Å²) in [6, 6.07) is 18.1. The van der Waals surface area contributed by atoms with Gasteiger partial charge < -0.3 is 0 Å². The molecule has 1 aromatic carbocycles. The molecule has 0 aliphatic rings. The highest BCUT2D eigenvalue weighted by Gasteiger charge is 2.12. The Morgan fingerprint density at radius 2 is 0.633 bits per heavy atom. The maximum Gasteiger partial charge on any atom is 0.0273 e. The molecule has 0 saturated heterocycles. The zero-order valence-electron chi connectivity index (χ0n) is 16.6. The van der Waals surface area contributed by atoms with Gasteiger partial charge in [-0.15, -0.1) is 0 Å². The van der Waals surface area contributed by atoms with Crippen molar-refractivity contribution in [2.45, 2.75) is 0 Å². The van der Waals surface area contributed by atoms with E-state index in [0.29, 0.717) is 0 Å². The van der Waals surface area contributed by atoms with Gasteiger partial charge in [0.05, 0.1) is 0 Å². The molecule has 3 nitrogen and oxygen atoms in total. The molecule has 3 heteroatoms. The van der Waals surface area contributed by atoms with Gasteiger partial charge in [0.2, 0.25) is 0 Å². The third-order valence-corrected chi connectivity index (χ3v) is 5.06. The van der Waals surface area contributed by atoms with E-state index < -0.39 is 0 Å². The van der Waals surface area contributed by atoms with Crippen LogP contribution in [0.2, 0.25) is 0 Å². The second-order valence-electron chi connectivity index (χ2n) is 6.94. The van der Waals surface area contributed by atoms with Gasteiger partial charge in [-0.1, -0.05) is 19.7 Å². The standard InChI is InChI=1S/C27H21N3/c1-19(22-4-10-28-11-5-22)25-16-26(20(2)23-6-12-29-13-7-23)18-27(17-25)21(3)24-8-14-30-15-9-24/h4-18H,1-3H2. The van der Waals surface area contributed by atoms with Crippen LogP contribution in [0.25, 0.3) is 16.7 Å². The summed E-state index contributed by atoms with van der Waals surface area (Å²) in [6.07, 6.45) is 10.6. The summed E-state index contributed by atoms with van der Waals surface area (Å²) >= 11 is 0. The van der Waals surface area contributed by atoms with Crippen LogP contribution in [0.1, 0.15) is 33.4 Å². The van der Waals surface area contributed by atoms with Crippen molar-refractivity contribution < 1.29 is 0 Å². The van der Waals surface area contributed by atoms with E-state index in [-0.39, 0.29) is 0 Å². The molecule has 4 aromatic rings. The van der Waals surface area contributed by atoms with Gasteiger partial charge in [-0.2, -0.15) is 0 Å². The van der Waals surface area contributed by atoms with Crippen molar-refractivity contribution in [2.24, 2.45) is 0 Å². The number of rotatable bonds is 6. The first-order chi connectivity index (χ1) is 14.6. The second kappa shape index (κ2) is 8.50. The SMILES string of the molecule is C=C(c1ccncc1)c1cc(C(=C)c2ccncc2)cc(C(=C)c2ccncc2)c1. The van der Waals surface area contributed by atoms with Crippen LogP contribution in [0.15, 0.2) is 112 Å². The molecule has 0 N–H and O–H groups in total. The van der Waals surface area contributed by atoms with Crippen LogP contribution >= 0.6 is 0 Å². The molecule has 0 fully saturated rings. The highest BCUT2D eigenvalue weighted by atomic mass is 14.6. The number of benzene rings is 1. The van der Waals surface area contributed by atoms with Gasteiger partial charge >= 0.3 is 0 Å². The molecule has 144 valence electrons. The third kappa shape index (κ3) is 4.01. The van der Waals surface area contributed by atoms with Crippen molar-refractivity contribution in [1.82, 2.24) is 15.0 Å². The van der Waals surface area contributed by atoms with E-state index >= 15 is 0 Å². The van der Waals surface area contributed by atoms with Gasteiger partial charge in [-0.25, -0.2) is 0 Å². The van der Waals surface area contributed by atoms with Gasteiger partial charge in [0, 0.05) is 37.2 Å². The fraction of sp³-hybridized carbons (Fsp3) is 0. The van der Waals surface area contributed by atoms with Crippen LogP contribution in [0.3, 0.4) is 0 Å². The molecule has 0 aliphatic heterocycles. The van der Waals surface area contributed by atoms with E-state index in [1.54, 1.807) is 37.2 Å². The minimum Gasteiger partial charge on any atom is -0.265 e. The first-order valence-electron chi connectivity index (χ1n) is 9.57. The van der Waals surface area contributed by atoms with Crippen LogP contribution in [0.4, 0.5) is 0 Å². The van der Waals surface area contributed by atoms with Gasteiger partial charge in [0.25, 0.3) is 0 Å². The van der Waals surface area contributed by atoms with Crippen LogP contribution in [0.5, 0.6) is 0 Å². The van der Waals surface area contributed by atoms with E-state index in [9.17, 15) is 0 Å². The Labute approximate surface area is 176 Å². The molecule has 3 heterocycles. The van der Waals surface area contributed by atoms with Gasteiger partial charge in [0.15, 0.2) is 0 Å². The summed E-state index contributed by atoms with van der Waals surface area (Å²) in [5, 5.41) is 0. The zero-order chi connectivity index (χ0) is 20.9. The molecule has 0 radical (unpaired) electrons. The predicted molar refractivity (Wildman–Crippen MR) is 124 cm³/mol. The minimum atomic E-state index is 0.922. The van der Waals surface area contributed by atoms with Crippen molar-refractivity contribution in [1.29, 1.82) is 0 Å². The minimum absolute atomic E-state index is 0.922. The summed E-state index contributed by atoms with van der Waals surface area (Å²) < 4.78 is 0. The molecule has 0 atom stereocenters. The van der Waals surface area contributed by atoms with E-state index in [0.717, 1.165) is 50.1 Å². The Bertz CT molecular complexity index is 1040. The largest absolute Gasteiger partial charge is 0.265 e. The number of aromatic nitrogens is 3. The van der Waals surface area contributed by atoms with Crippen molar-refractivity contribution in [3.8, 4) is 0 Å². The summed E-state index contributed by atoms with van der Waals surface area (Å²) in [5.41, 5.74) is 8.88. The lowest BCUT2D eigenvalue weighted by Crippen LogP contribution is -1.96. The quantitative estimate of drug-likeness (QED) is 0.404. The lowest BCUT2D eigenvalue weighted by molar-refractivity contribution is 1.31. The number of pyridine rings is 3. The highest BCUT2D eigenvalue weighted by Crippen LogP contribution is 2.32. The normalized spacial score (nSPS) is 10.4. The Balaban J connectivity index is 1.83. The Kier molecular flexibility index (Phi) is 5.44. The summed E-state index contributed by atoms with van der Waals surface area (Å²) in [6.45, 7) is 13.0. The maximum absolute atomic E-state index is 4.33. The fourth-order valence-corrected chi connectivity index (χ4v) is 3.31. The summed E-state index contributed by atoms with van der Waals surface area (Å²) in [4.78, 5) is 12.3. The second-order valence-corrected chi connectivity index (χ2v) is 6.94.